The number of carbonyl (C=O) groups is 1. The van der Waals surface area contributed by atoms with Crippen LogP contribution in [0.2, 0.25) is 5.02 Å². The van der Waals surface area contributed by atoms with Crippen LogP contribution in [0.3, 0.4) is 0 Å². The van der Waals surface area contributed by atoms with Crippen molar-refractivity contribution in [1.29, 1.82) is 0 Å². The van der Waals surface area contributed by atoms with E-state index in [2.05, 4.69) is 4.98 Å². The van der Waals surface area contributed by atoms with Crippen molar-refractivity contribution in [3.05, 3.63) is 58.9 Å². The minimum Gasteiger partial charge on any atom is -0.297 e. The molecule has 3 nitrogen and oxygen atoms in total. The minimum absolute atomic E-state index is 0.543. The summed E-state index contributed by atoms with van der Waals surface area (Å²) in [7, 11) is 0. The summed E-state index contributed by atoms with van der Waals surface area (Å²) in [6.45, 7) is 1.97. The Morgan fingerprint density at radius 3 is 2.84 bits per heavy atom. The lowest BCUT2D eigenvalue weighted by molar-refractivity contribution is 0.111. The molecule has 0 spiro atoms. The van der Waals surface area contributed by atoms with Gasteiger partial charge in [0.2, 0.25) is 0 Å². The van der Waals surface area contributed by atoms with Crippen molar-refractivity contribution in [2.45, 2.75) is 6.92 Å². The number of imidazole rings is 1. The highest BCUT2D eigenvalue weighted by atomic mass is 35.5. The first kappa shape index (κ1) is 11.9. The van der Waals surface area contributed by atoms with Gasteiger partial charge in [0.15, 0.2) is 6.29 Å². The van der Waals surface area contributed by atoms with Crippen molar-refractivity contribution in [2.24, 2.45) is 0 Å². The Bertz CT molecular complexity index is 777. The van der Waals surface area contributed by atoms with Gasteiger partial charge in [-0.15, -0.1) is 0 Å². The molecule has 2 heterocycles. The van der Waals surface area contributed by atoms with Gasteiger partial charge >= 0.3 is 0 Å². The Morgan fingerprint density at radius 1 is 1.26 bits per heavy atom. The molecule has 0 radical (unpaired) electrons. The summed E-state index contributed by atoms with van der Waals surface area (Å²) >= 11 is 6.00. The van der Waals surface area contributed by atoms with Crippen LogP contribution in [-0.2, 0) is 0 Å². The highest BCUT2D eigenvalue weighted by Crippen LogP contribution is 2.26. The van der Waals surface area contributed by atoms with Crippen LogP contribution in [0.15, 0.2) is 42.6 Å². The number of pyridine rings is 1. The first-order valence-electron chi connectivity index (χ1n) is 5.89. The van der Waals surface area contributed by atoms with Crippen LogP contribution in [0.5, 0.6) is 0 Å². The number of aldehydes is 1. The maximum Gasteiger partial charge on any atom is 0.169 e. The second-order valence-electron chi connectivity index (χ2n) is 4.36. The lowest BCUT2D eigenvalue weighted by atomic mass is 10.1. The fraction of sp³-hybridized carbons (Fsp3) is 0.0667. The second-order valence-corrected chi connectivity index (χ2v) is 4.80. The molecular weight excluding hydrogens is 260 g/mol. The average Bonchev–Trinajstić information content (AvgIpc) is 2.79. The topological polar surface area (TPSA) is 34.4 Å². The maximum absolute atomic E-state index is 11.4. The summed E-state index contributed by atoms with van der Waals surface area (Å²) < 4.78 is 1.80. The van der Waals surface area contributed by atoms with Crippen LogP contribution in [-0.4, -0.2) is 15.7 Å². The molecule has 1 aromatic carbocycles. The van der Waals surface area contributed by atoms with Gasteiger partial charge in [-0.2, -0.15) is 0 Å². The zero-order valence-electron chi connectivity index (χ0n) is 10.3. The van der Waals surface area contributed by atoms with Gasteiger partial charge in [0.05, 0.1) is 0 Å². The normalized spacial score (nSPS) is 10.8. The van der Waals surface area contributed by atoms with E-state index < -0.39 is 0 Å². The van der Waals surface area contributed by atoms with E-state index in [1.54, 1.807) is 10.5 Å². The number of benzene rings is 1. The number of carbonyl (C=O) groups excluding carboxylic acids is 1. The molecule has 19 heavy (non-hydrogen) atoms. The number of aromatic nitrogens is 2. The Kier molecular flexibility index (Phi) is 2.84. The smallest absolute Gasteiger partial charge is 0.169 e. The largest absolute Gasteiger partial charge is 0.297 e. The molecule has 3 rings (SSSR count). The van der Waals surface area contributed by atoms with Gasteiger partial charge in [0.1, 0.15) is 17.0 Å². The molecule has 0 saturated carbocycles. The summed E-state index contributed by atoms with van der Waals surface area (Å²) in [5, 5.41) is 0.628. The van der Waals surface area contributed by atoms with Crippen LogP contribution in [0.1, 0.15) is 16.1 Å². The molecule has 94 valence electrons. The molecule has 0 fully saturated rings. The Hall–Kier alpha value is -2.13. The molecule has 0 unspecified atom stereocenters. The van der Waals surface area contributed by atoms with Crippen LogP contribution in [0, 0.1) is 6.92 Å². The molecule has 0 N–H and O–H groups in total. The summed E-state index contributed by atoms with van der Waals surface area (Å²) in [4.78, 5) is 15.9. The monoisotopic (exact) mass is 270 g/mol. The minimum atomic E-state index is 0.543. The molecule has 3 aromatic rings. The lowest BCUT2D eigenvalue weighted by Crippen LogP contribution is -1.92. The van der Waals surface area contributed by atoms with Gasteiger partial charge in [0, 0.05) is 16.8 Å². The predicted octanol–water partition coefficient (Wildman–Crippen LogP) is 3.78. The standard InChI is InChI=1S/C15H11ClN2O/c1-10-4-3-7-18-13(9-19)14(17-15(10)18)11-5-2-6-12(16)8-11/h2-9H,1H3. The van der Waals surface area contributed by atoms with E-state index in [4.69, 9.17) is 11.6 Å². The van der Waals surface area contributed by atoms with E-state index in [0.717, 1.165) is 23.1 Å². The average molecular weight is 271 g/mol. The molecule has 2 aromatic heterocycles. The first-order valence-corrected chi connectivity index (χ1v) is 6.27. The lowest BCUT2D eigenvalue weighted by Gasteiger charge is -1.99. The zero-order chi connectivity index (χ0) is 13.4. The number of rotatable bonds is 2. The molecule has 0 atom stereocenters. The number of fused-ring (bicyclic) bond motifs is 1. The summed E-state index contributed by atoms with van der Waals surface area (Å²) in [6.07, 6.45) is 2.67. The van der Waals surface area contributed by atoms with Crippen molar-refractivity contribution < 1.29 is 4.79 Å². The molecule has 0 aliphatic heterocycles. The number of aryl methyl sites for hydroxylation is 1. The third kappa shape index (κ3) is 1.92. The van der Waals surface area contributed by atoms with Gasteiger partial charge in [-0.1, -0.05) is 29.8 Å². The van der Waals surface area contributed by atoms with Crippen LogP contribution < -0.4 is 0 Å². The maximum atomic E-state index is 11.4. The van der Waals surface area contributed by atoms with Crippen molar-refractivity contribution in [1.82, 2.24) is 9.38 Å². The van der Waals surface area contributed by atoms with Crippen LogP contribution in [0.4, 0.5) is 0 Å². The Morgan fingerprint density at radius 2 is 2.11 bits per heavy atom. The third-order valence-corrected chi connectivity index (χ3v) is 3.33. The predicted molar refractivity (Wildman–Crippen MR) is 75.8 cm³/mol. The number of hydrogen-bond acceptors (Lipinski definition) is 2. The molecule has 0 aliphatic rings. The summed E-state index contributed by atoms with van der Waals surface area (Å²) in [5.74, 6) is 0. The van der Waals surface area contributed by atoms with Crippen molar-refractivity contribution >= 4 is 23.5 Å². The van der Waals surface area contributed by atoms with E-state index in [1.165, 1.54) is 0 Å². The van der Waals surface area contributed by atoms with E-state index in [9.17, 15) is 4.79 Å². The van der Waals surface area contributed by atoms with Gasteiger partial charge < -0.3 is 0 Å². The highest BCUT2D eigenvalue weighted by molar-refractivity contribution is 6.30. The SMILES string of the molecule is Cc1cccn2c(C=O)c(-c3cccc(Cl)c3)nc12. The molecule has 4 heteroatoms. The zero-order valence-corrected chi connectivity index (χ0v) is 11.1. The highest BCUT2D eigenvalue weighted by Gasteiger charge is 2.14. The van der Waals surface area contributed by atoms with Crippen LogP contribution >= 0.6 is 11.6 Å². The van der Waals surface area contributed by atoms with Crippen molar-refractivity contribution in [3.63, 3.8) is 0 Å². The van der Waals surface area contributed by atoms with Gasteiger partial charge in [-0.3, -0.25) is 9.20 Å². The molecule has 0 aliphatic carbocycles. The van der Waals surface area contributed by atoms with Gasteiger partial charge in [0.25, 0.3) is 0 Å². The number of nitrogens with zero attached hydrogens (tertiary/aromatic N) is 2. The quantitative estimate of drug-likeness (QED) is 0.664. The van der Waals surface area contributed by atoms with E-state index >= 15 is 0 Å². The molecule has 0 amide bonds. The van der Waals surface area contributed by atoms with E-state index in [1.807, 2.05) is 43.5 Å². The fourth-order valence-corrected chi connectivity index (χ4v) is 2.37. The number of halogens is 1. The van der Waals surface area contributed by atoms with Gasteiger partial charge in [-0.05, 0) is 30.7 Å². The van der Waals surface area contributed by atoms with Crippen molar-refractivity contribution in [2.75, 3.05) is 0 Å². The fourth-order valence-electron chi connectivity index (χ4n) is 2.18. The summed E-state index contributed by atoms with van der Waals surface area (Å²) in [5.41, 5.74) is 3.86. The third-order valence-electron chi connectivity index (χ3n) is 3.09. The molecule has 0 saturated heterocycles. The molecular formula is C15H11ClN2O. The van der Waals surface area contributed by atoms with Crippen molar-refractivity contribution in [3.8, 4) is 11.3 Å². The number of hydrogen-bond donors (Lipinski definition) is 0. The van der Waals surface area contributed by atoms with E-state index in [-0.39, 0.29) is 0 Å². The van der Waals surface area contributed by atoms with Gasteiger partial charge in [-0.25, -0.2) is 4.98 Å². The first-order chi connectivity index (χ1) is 9.20. The molecule has 0 bridgehead atoms. The van der Waals surface area contributed by atoms with Crippen LogP contribution in [0.25, 0.3) is 16.9 Å². The van der Waals surface area contributed by atoms with E-state index in [0.29, 0.717) is 16.4 Å². The summed E-state index contributed by atoms with van der Waals surface area (Å²) in [6, 6.07) is 11.2. The second kappa shape index (κ2) is 4.52. The Labute approximate surface area is 115 Å². The Balaban J connectivity index is 2.35.